The Morgan fingerprint density at radius 1 is 0.362 bits per heavy atom. The molecule has 58 heavy (non-hydrogen) atoms. The normalized spacial score (nSPS) is 11.8. The van der Waals surface area contributed by atoms with Gasteiger partial charge in [0.15, 0.2) is 0 Å². The van der Waals surface area contributed by atoms with Gasteiger partial charge in [0, 0.05) is 68.1 Å². The fraction of sp³-hybridized carbons (Fsp3) is 0. The topological polar surface area (TPSA) is 16.4 Å². The summed E-state index contributed by atoms with van der Waals surface area (Å²) in [6.07, 6.45) is 0. The molecule has 4 heteroatoms. The van der Waals surface area contributed by atoms with Crippen LogP contribution in [0, 0.1) is 0 Å². The zero-order valence-electron chi connectivity index (χ0n) is 31.2. The van der Waals surface area contributed by atoms with E-state index in [0.717, 1.165) is 55.6 Å². The molecule has 0 aliphatic carbocycles. The fourth-order valence-corrected chi connectivity index (χ4v) is 11.1. The quantitative estimate of drug-likeness (QED) is 0.167. The number of para-hydroxylation sites is 1. The second-order valence-electron chi connectivity index (χ2n) is 14.8. The summed E-state index contributed by atoms with van der Waals surface area (Å²) in [4.78, 5) is 2.46. The SMILES string of the molecule is c1ccc(-c2cccc3c2oc2ccc(-c4ccc(N(c5ccc6sc7ccccc7c6c5)c5ccc(-c6ccccc6)c6sc7ccccc7c56)cc4)cc23)cc1. The predicted molar refractivity (Wildman–Crippen MR) is 250 cm³/mol. The van der Waals surface area contributed by atoms with Crippen LogP contribution in [0.25, 0.3) is 95.7 Å². The molecule has 3 heterocycles. The number of furan rings is 1. The van der Waals surface area contributed by atoms with Crippen LogP contribution in [0.1, 0.15) is 0 Å². The molecule has 0 atom stereocenters. The van der Waals surface area contributed by atoms with E-state index in [4.69, 9.17) is 4.42 Å². The number of nitrogens with zero attached hydrogens (tertiary/aromatic N) is 1. The summed E-state index contributed by atoms with van der Waals surface area (Å²) in [5.74, 6) is 0. The van der Waals surface area contributed by atoms with Gasteiger partial charge < -0.3 is 9.32 Å². The van der Waals surface area contributed by atoms with Crippen LogP contribution >= 0.6 is 22.7 Å². The smallest absolute Gasteiger partial charge is 0.143 e. The average Bonchev–Trinajstić information content (AvgIpc) is 3.99. The number of hydrogen-bond donors (Lipinski definition) is 0. The maximum Gasteiger partial charge on any atom is 0.143 e. The lowest BCUT2D eigenvalue weighted by molar-refractivity contribution is 0.670. The van der Waals surface area contributed by atoms with Crippen LogP contribution in [0.5, 0.6) is 0 Å². The third kappa shape index (κ3) is 5.30. The summed E-state index contributed by atoms with van der Waals surface area (Å²) < 4.78 is 11.7. The van der Waals surface area contributed by atoms with E-state index >= 15 is 0 Å². The molecule has 0 saturated carbocycles. The van der Waals surface area contributed by atoms with Gasteiger partial charge in [-0.25, -0.2) is 0 Å². The highest BCUT2D eigenvalue weighted by Gasteiger charge is 2.22. The fourth-order valence-electron chi connectivity index (χ4n) is 8.75. The Hall–Kier alpha value is -6.98. The van der Waals surface area contributed by atoms with Crippen LogP contribution in [-0.2, 0) is 0 Å². The second-order valence-corrected chi connectivity index (χ2v) is 17.0. The molecule has 2 nitrogen and oxygen atoms in total. The van der Waals surface area contributed by atoms with E-state index in [1.165, 1.54) is 57.2 Å². The largest absolute Gasteiger partial charge is 0.455 e. The summed E-state index contributed by atoms with van der Waals surface area (Å²) in [6, 6.07) is 72.6. The van der Waals surface area contributed by atoms with Crippen LogP contribution in [0.4, 0.5) is 17.1 Å². The number of benzene rings is 9. The van der Waals surface area contributed by atoms with Crippen LogP contribution in [0.15, 0.2) is 205 Å². The molecule has 0 bridgehead atoms. The predicted octanol–water partition coefficient (Wildman–Crippen LogP) is 16.8. The number of rotatable bonds is 6. The van der Waals surface area contributed by atoms with Crippen molar-refractivity contribution < 1.29 is 4.42 Å². The first kappa shape index (κ1) is 33.2. The van der Waals surface area contributed by atoms with Gasteiger partial charge in [0.2, 0.25) is 0 Å². The molecule has 0 unspecified atom stereocenters. The summed E-state index contributed by atoms with van der Waals surface area (Å²) in [5, 5.41) is 7.37. The lowest BCUT2D eigenvalue weighted by Gasteiger charge is -2.27. The van der Waals surface area contributed by atoms with Crippen molar-refractivity contribution in [3.05, 3.63) is 200 Å². The number of fused-ring (bicyclic) bond motifs is 9. The van der Waals surface area contributed by atoms with Gasteiger partial charge in [-0.2, -0.15) is 0 Å². The Balaban J connectivity index is 1.03. The monoisotopic (exact) mass is 775 g/mol. The van der Waals surface area contributed by atoms with E-state index in [9.17, 15) is 0 Å². The van der Waals surface area contributed by atoms with E-state index in [1.807, 2.05) is 22.7 Å². The summed E-state index contributed by atoms with van der Waals surface area (Å²) >= 11 is 3.74. The molecule has 9 aromatic carbocycles. The van der Waals surface area contributed by atoms with Gasteiger partial charge in [0.25, 0.3) is 0 Å². The van der Waals surface area contributed by atoms with E-state index in [1.54, 1.807) is 0 Å². The molecule has 272 valence electrons. The van der Waals surface area contributed by atoms with Crippen LogP contribution < -0.4 is 4.90 Å². The van der Waals surface area contributed by atoms with Crippen molar-refractivity contribution >= 4 is 102 Å². The van der Waals surface area contributed by atoms with Gasteiger partial charge in [0.05, 0.1) is 5.69 Å². The Bertz CT molecular complexity index is 3500. The standard InChI is InChI=1S/C54H33NOS2/c1-3-12-35(13-4-1)40-18-11-19-43-45-32-37(24-30-48(45)56-53(40)43)34-22-25-38(26-23-34)55(39-27-31-51-46(33-39)42-16-7-9-20-49(42)57-51)47-29-28-41(36-14-5-2-6-15-36)54-52(47)44-17-8-10-21-50(44)58-54/h1-33H. The third-order valence-electron chi connectivity index (χ3n) is 11.5. The summed E-state index contributed by atoms with van der Waals surface area (Å²) in [5.41, 5.74) is 12.3. The molecule has 0 N–H and O–H groups in total. The third-order valence-corrected chi connectivity index (χ3v) is 13.8. The van der Waals surface area contributed by atoms with Gasteiger partial charge in [-0.1, -0.05) is 140 Å². The van der Waals surface area contributed by atoms with Crippen LogP contribution in [0.3, 0.4) is 0 Å². The Morgan fingerprint density at radius 2 is 1.00 bits per heavy atom. The molecular formula is C54H33NOS2. The lowest BCUT2D eigenvalue weighted by Crippen LogP contribution is -2.10. The molecular weight excluding hydrogens is 743 g/mol. The van der Waals surface area contributed by atoms with E-state index in [0.29, 0.717) is 0 Å². The Morgan fingerprint density at radius 3 is 1.79 bits per heavy atom. The van der Waals surface area contributed by atoms with Crippen molar-refractivity contribution in [3.63, 3.8) is 0 Å². The molecule has 3 aromatic heterocycles. The van der Waals surface area contributed by atoms with Gasteiger partial charge in [-0.05, 0) is 88.5 Å². The zero-order valence-corrected chi connectivity index (χ0v) is 32.9. The van der Waals surface area contributed by atoms with E-state index in [2.05, 4.69) is 205 Å². The molecule has 0 aliphatic rings. The van der Waals surface area contributed by atoms with Gasteiger partial charge in [-0.15, -0.1) is 22.7 Å². The molecule has 0 amide bonds. The minimum atomic E-state index is 0.896. The number of anilines is 3. The summed E-state index contributed by atoms with van der Waals surface area (Å²) in [6.45, 7) is 0. The number of thiophene rings is 2. The minimum Gasteiger partial charge on any atom is -0.455 e. The second kappa shape index (κ2) is 13.3. The average molecular weight is 776 g/mol. The van der Waals surface area contributed by atoms with Crippen molar-refractivity contribution in [2.45, 2.75) is 0 Å². The zero-order chi connectivity index (χ0) is 38.2. The van der Waals surface area contributed by atoms with Gasteiger partial charge >= 0.3 is 0 Å². The van der Waals surface area contributed by atoms with Crippen LogP contribution in [0.2, 0.25) is 0 Å². The first-order valence-corrected chi connectivity index (χ1v) is 21.2. The van der Waals surface area contributed by atoms with Crippen molar-refractivity contribution in [1.82, 2.24) is 0 Å². The molecule has 0 spiro atoms. The molecule has 0 radical (unpaired) electrons. The van der Waals surface area contributed by atoms with Crippen molar-refractivity contribution in [1.29, 1.82) is 0 Å². The first-order chi connectivity index (χ1) is 28.7. The molecule has 0 aliphatic heterocycles. The molecule has 12 aromatic rings. The highest BCUT2D eigenvalue weighted by atomic mass is 32.1. The summed E-state index contributed by atoms with van der Waals surface area (Å²) in [7, 11) is 0. The molecule has 0 saturated heterocycles. The van der Waals surface area contributed by atoms with Gasteiger partial charge in [0.1, 0.15) is 11.2 Å². The Labute approximate surface area is 343 Å². The van der Waals surface area contributed by atoms with Gasteiger partial charge in [-0.3, -0.25) is 0 Å². The van der Waals surface area contributed by atoms with E-state index in [-0.39, 0.29) is 0 Å². The molecule has 0 fully saturated rings. The minimum absolute atomic E-state index is 0.896. The van der Waals surface area contributed by atoms with Crippen molar-refractivity contribution in [2.24, 2.45) is 0 Å². The first-order valence-electron chi connectivity index (χ1n) is 19.6. The number of hydrogen-bond acceptors (Lipinski definition) is 4. The maximum absolute atomic E-state index is 6.52. The highest BCUT2D eigenvalue weighted by molar-refractivity contribution is 7.26. The maximum atomic E-state index is 6.52. The van der Waals surface area contributed by atoms with Crippen molar-refractivity contribution in [3.8, 4) is 33.4 Å². The lowest BCUT2D eigenvalue weighted by atomic mass is 9.99. The van der Waals surface area contributed by atoms with Crippen LogP contribution in [-0.4, -0.2) is 0 Å². The Kier molecular flexibility index (Phi) is 7.62. The van der Waals surface area contributed by atoms with E-state index < -0.39 is 0 Å². The molecule has 12 rings (SSSR count). The highest BCUT2D eigenvalue weighted by Crippen LogP contribution is 2.49. The van der Waals surface area contributed by atoms with Crippen molar-refractivity contribution in [2.75, 3.05) is 4.90 Å².